The zero-order chi connectivity index (χ0) is 18.5. The largest absolute Gasteiger partial charge is 0.478 e. The van der Waals surface area contributed by atoms with Crippen LogP contribution in [0.3, 0.4) is 0 Å². The predicted molar refractivity (Wildman–Crippen MR) is 100 cm³/mol. The molecule has 132 valence electrons. The van der Waals surface area contributed by atoms with Crippen molar-refractivity contribution in [2.75, 3.05) is 11.1 Å². The van der Waals surface area contributed by atoms with Crippen molar-refractivity contribution in [3.8, 4) is 11.5 Å². The summed E-state index contributed by atoms with van der Waals surface area (Å²) in [6, 6.07) is 13.4. The topological polar surface area (TPSA) is 105 Å². The van der Waals surface area contributed by atoms with Crippen molar-refractivity contribution in [2.24, 2.45) is 0 Å². The molecule has 2 aromatic carbocycles. The van der Waals surface area contributed by atoms with E-state index in [1.54, 1.807) is 0 Å². The Balaban J connectivity index is 1.56. The summed E-state index contributed by atoms with van der Waals surface area (Å²) in [6.45, 7) is 0. The minimum atomic E-state index is -1.02. The number of thioether (sulfide) groups is 1. The minimum absolute atomic E-state index is 0.0816. The van der Waals surface area contributed by atoms with Crippen molar-refractivity contribution >= 4 is 45.3 Å². The summed E-state index contributed by atoms with van der Waals surface area (Å²) in [5.41, 5.74) is 1.44. The van der Waals surface area contributed by atoms with Crippen LogP contribution in [-0.4, -0.2) is 32.9 Å². The zero-order valence-corrected chi connectivity index (χ0v) is 15.6. The number of rotatable bonds is 6. The number of hydrogen-bond donors (Lipinski definition) is 2. The van der Waals surface area contributed by atoms with Gasteiger partial charge in [-0.05, 0) is 52.3 Å². The summed E-state index contributed by atoms with van der Waals surface area (Å²) in [5, 5.41) is 19.7. The number of nitrogens with one attached hydrogen (secondary N) is 1. The third kappa shape index (κ3) is 4.50. The fourth-order valence-electron chi connectivity index (χ4n) is 2.03. The summed E-state index contributed by atoms with van der Waals surface area (Å²) in [7, 11) is 0. The first-order chi connectivity index (χ1) is 12.5. The second kappa shape index (κ2) is 8.15. The van der Waals surface area contributed by atoms with E-state index in [1.807, 2.05) is 24.3 Å². The third-order valence-electron chi connectivity index (χ3n) is 3.25. The summed E-state index contributed by atoms with van der Waals surface area (Å²) in [4.78, 5) is 22.8. The van der Waals surface area contributed by atoms with E-state index in [0.717, 1.165) is 21.8 Å². The number of anilines is 1. The summed E-state index contributed by atoms with van der Waals surface area (Å²) < 4.78 is 6.39. The van der Waals surface area contributed by atoms with E-state index >= 15 is 0 Å². The van der Waals surface area contributed by atoms with Gasteiger partial charge in [0.2, 0.25) is 11.8 Å². The molecular formula is C17H12BrN3O4S. The second-order valence-corrected chi connectivity index (χ2v) is 6.85. The Kier molecular flexibility index (Phi) is 5.69. The van der Waals surface area contributed by atoms with Crippen molar-refractivity contribution < 1.29 is 19.1 Å². The number of carbonyl (C=O) groups excluding carboxylic acids is 1. The van der Waals surface area contributed by atoms with Gasteiger partial charge in [0.25, 0.3) is 5.22 Å². The molecule has 0 saturated heterocycles. The Morgan fingerprint density at radius 1 is 1.12 bits per heavy atom. The number of amides is 1. The van der Waals surface area contributed by atoms with Crippen LogP contribution in [0.25, 0.3) is 11.5 Å². The highest BCUT2D eigenvalue weighted by Gasteiger charge is 2.13. The van der Waals surface area contributed by atoms with Crippen molar-refractivity contribution in [3.05, 3.63) is 58.6 Å². The SMILES string of the molecule is O=C(CSc1nnc(-c2ccccc2Br)o1)Nc1ccc(C(=O)O)cc1. The Labute approximate surface area is 161 Å². The van der Waals surface area contributed by atoms with Crippen LogP contribution in [0.15, 0.2) is 62.6 Å². The lowest BCUT2D eigenvalue weighted by Gasteiger charge is -2.04. The van der Waals surface area contributed by atoms with Gasteiger partial charge in [0.15, 0.2) is 0 Å². The number of hydrogen-bond acceptors (Lipinski definition) is 6. The van der Waals surface area contributed by atoms with Gasteiger partial charge in [0, 0.05) is 10.2 Å². The van der Waals surface area contributed by atoms with Gasteiger partial charge in [-0.1, -0.05) is 23.9 Å². The van der Waals surface area contributed by atoms with E-state index in [0.29, 0.717) is 11.6 Å². The van der Waals surface area contributed by atoms with E-state index in [2.05, 4.69) is 31.4 Å². The smallest absolute Gasteiger partial charge is 0.335 e. The molecule has 0 saturated carbocycles. The van der Waals surface area contributed by atoms with Crippen LogP contribution >= 0.6 is 27.7 Å². The highest BCUT2D eigenvalue weighted by molar-refractivity contribution is 9.10. The van der Waals surface area contributed by atoms with Gasteiger partial charge in [-0.2, -0.15) is 0 Å². The zero-order valence-electron chi connectivity index (χ0n) is 13.2. The molecule has 26 heavy (non-hydrogen) atoms. The Morgan fingerprint density at radius 2 is 1.85 bits per heavy atom. The van der Waals surface area contributed by atoms with Crippen molar-refractivity contribution in [1.29, 1.82) is 0 Å². The Morgan fingerprint density at radius 3 is 2.54 bits per heavy atom. The maximum Gasteiger partial charge on any atom is 0.335 e. The number of benzene rings is 2. The minimum Gasteiger partial charge on any atom is -0.478 e. The maximum absolute atomic E-state index is 12.0. The molecule has 1 heterocycles. The van der Waals surface area contributed by atoms with Crippen molar-refractivity contribution in [2.45, 2.75) is 5.22 Å². The normalized spacial score (nSPS) is 10.5. The molecule has 2 N–H and O–H groups in total. The van der Waals surface area contributed by atoms with Crippen LogP contribution in [0.1, 0.15) is 10.4 Å². The van der Waals surface area contributed by atoms with Crippen molar-refractivity contribution in [3.63, 3.8) is 0 Å². The van der Waals surface area contributed by atoms with Gasteiger partial charge >= 0.3 is 5.97 Å². The molecule has 3 aromatic rings. The average Bonchev–Trinajstić information content (AvgIpc) is 3.09. The quantitative estimate of drug-likeness (QED) is 0.567. The highest BCUT2D eigenvalue weighted by atomic mass is 79.9. The lowest BCUT2D eigenvalue weighted by Crippen LogP contribution is -2.14. The van der Waals surface area contributed by atoms with Crippen LogP contribution in [0.2, 0.25) is 0 Å². The first-order valence-corrected chi connectivity index (χ1v) is 9.15. The fourth-order valence-corrected chi connectivity index (χ4v) is 3.05. The number of carbonyl (C=O) groups is 2. The summed E-state index contributed by atoms with van der Waals surface area (Å²) >= 11 is 4.54. The Hall–Kier alpha value is -2.65. The monoisotopic (exact) mass is 433 g/mol. The number of aromatic nitrogens is 2. The summed E-state index contributed by atoms with van der Waals surface area (Å²) in [5.74, 6) is -0.836. The van der Waals surface area contributed by atoms with E-state index in [9.17, 15) is 9.59 Å². The molecule has 0 aliphatic carbocycles. The number of carboxylic acid groups (broad SMARTS) is 1. The molecule has 1 amide bonds. The van der Waals surface area contributed by atoms with Crippen LogP contribution < -0.4 is 5.32 Å². The third-order valence-corrected chi connectivity index (χ3v) is 4.76. The van der Waals surface area contributed by atoms with Gasteiger partial charge in [0.1, 0.15) is 0 Å². The lowest BCUT2D eigenvalue weighted by atomic mass is 10.2. The van der Waals surface area contributed by atoms with Crippen LogP contribution in [-0.2, 0) is 4.79 Å². The predicted octanol–water partition coefficient (Wildman–Crippen LogP) is 3.93. The van der Waals surface area contributed by atoms with E-state index < -0.39 is 5.97 Å². The molecule has 0 fully saturated rings. The highest BCUT2D eigenvalue weighted by Crippen LogP contribution is 2.28. The molecule has 0 aliphatic heterocycles. The molecule has 0 aliphatic rings. The number of nitrogens with zero attached hydrogens (tertiary/aromatic N) is 2. The standard InChI is InChI=1S/C17H12BrN3O4S/c18-13-4-2-1-3-12(13)15-20-21-17(25-15)26-9-14(22)19-11-7-5-10(6-8-11)16(23)24/h1-8H,9H2,(H,19,22)(H,23,24). The maximum atomic E-state index is 12.0. The number of aromatic carboxylic acids is 1. The molecule has 7 nitrogen and oxygen atoms in total. The van der Waals surface area contributed by atoms with E-state index in [1.165, 1.54) is 24.3 Å². The number of carboxylic acids is 1. The molecule has 0 unspecified atom stereocenters. The molecular weight excluding hydrogens is 422 g/mol. The molecule has 9 heteroatoms. The molecule has 0 atom stereocenters. The van der Waals surface area contributed by atoms with Gasteiger partial charge in [-0.15, -0.1) is 10.2 Å². The average molecular weight is 434 g/mol. The van der Waals surface area contributed by atoms with Crippen LogP contribution in [0, 0.1) is 0 Å². The molecule has 3 rings (SSSR count). The van der Waals surface area contributed by atoms with Gasteiger partial charge in [-0.3, -0.25) is 4.79 Å². The molecule has 1 aromatic heterocycles. The Bertz CT molecular complexity index is 943. The second-order valence-electron chi connectivity index (χ2n) is 5.07. The molecule has 0 radical (unpaired) electrons. The van der Waals surface area contributed by atoms with Gasteiger partial charge in [0.05, 0.1) is 16.9 Å². The molecule has 0 spiro atoms. The number of halogens is 1. The van der Waals surface area contributed by atoms with Crippen molar-refractivity contribution in [1.82, 2.24) is 10.2 Å². The summed E-state index contributed by atoms with van der Waals surface area (Å²) in [6.07, 6.45) is 0. The first kappa shape index (κ1) is 18.2. The van der Waals surface area contributed by atoms with Gasteiger partial charge in [-0.25, -0.2) is 4.79 Å². The van der Waals surface area contributed by atoms with E-state index in [-0.39, 0.29) is 22.4 Å². The van der Waals surface area contributed by atoms with Gasteiger partial charge < -0.3 is 14.8 Å². The fraction of sp³-hybridized carbons (Fsp3) is 0.0588. The first-order valence-electron chi connectivity index (χ1n) is 7.37. The van der Waals surface area contributed by atoms with E-state index in [4.69, 9.17) is 9.52 Å². The van der Waals surface area contributed by atoms with Crippen LogP contribution in [0.5, 0.6) is 0 Å². The van der Waals surface area contributed by atoms with Crippen LogP contribution in [0.4, 0.5) is 5.69 Å². The molecule has 0 bridgehead atoms. The lowest BCUT2D eigenvalue weighted by molar-refractivity contribution is -0.113.